The highest BCUT2D eigenvalue weighted by atomic mass is 127. The number of aromatic nitrogens is 1. The fourth-order valence-corrected chi connectivity index (χ4v) is 5.84. The fraction of sp³-hybridized carbons (Fsp3) is 0.333. The molecule has 3 heterocycles. The van der Waals surface area contributed by atoms with Crippen LogP contribution in [0.1, 0.15) is 36.7 Å². The number of fused-ring (bicyclic) bond motifs is 1. The highest BCUT2D eigenvalue weighted by Crippen LogP contribution is 2.49. The van der Waals surface area contributed by atoms with Gasteiger partial charge in [0.15, 0.2) is 5.17 Å². The van der Waals surface area contributed by atoms with Crippen LogP contribution < -0.4 is 0 Å². The summed E-state index contributed by atoms with van der Waals surface area (Å²) in [5, 5.41) is 11.5. The molecule has 4 nitrogen and oxygen atoms in total. The Balaban J connectivity index is 1.83. The fourth-order valence-electron chi connectivity index (χ4n) is 3.47. The van der Waals surface area contributed by atoms with Gasteiger partial charge in [0.05, 0.1) is 20.3 Å². The van der Waals surface area contributed by atoms with Gasteiger partial charge in [0.1, 0.15) is 11.8 Å². The van der Waals surface area contributed by atoms with Gasteiger partial charge >= 0.3 is 0 Å². The standard InChI is InChI=1S/C18H17ClIN3OS/c1-2-11-9-25-18-22-15(14-5-3-4-6-21-14)16(23(11)18)10-7-12(19)17(24)13(20)8-10/h3-8,11,15-16,24H,2,9H2,1H3/t11-,15-,16-/m1/s1. The van der Waals surface area contributed by atoms with Crippen LogP contribution in [0.5, 0.6) is 5.75 Å². The molecule has 0 unspecified atom stereocenters. The monoisotopic (exact) mass is 485 g/mol. The maximum absolute atomic E-state index is 10.0. The predicted octanol–water partition coefficient (Wildman–Crippen LogP) is 5.02. The zero-order valence-electron chi connectivity index (χ0n) is 13.6. The Labute approximate surface area is 169 Å². The van der Waals surface area contributed by atoms with E-state index in [9.17, 15) is 5.11 Å². The lowest BCUT2D eigenvalue weighted by molar-refractivity contribution is 0.255. The van der Waals surface area contributed by atoms with E-state index in [1.165, 1.54) is 0 Å². The molecule has 130 valence electrons. The van der Waals surface area contributed by atoms with Crippen molar-refractivity contribution in [3.63, 3.8) is 0 Å². The summed E-state index contributed by atoms with van der Waals surface area (Å²) < 4.78 is 0.758. The number of phenols is 1. The maximum atomic E-state index is 10.0. The molecule has 2 aromatic rings. The average molecular weight is 486 g/mol. The van der Waals surface area contributed by atoms with Crippen molar-refractivity contribution < 1.29 is 5.11 Å². The summed E-state index contributed by atoms with van der Waals surface area (Å²) in [6, 6.07) is 10.3. The minimum atomic E-state index is -0.0607. The molecule has 2 aliphatic rings. The number of thioether (sulfide) groups is 1. The van der Waals surface area contributed by atoms with Crippen LogP contribution in [0, 0.1) is 3.57 Å². The van der Waals surface area contributed by atoms with Gasteiger partial charge in [-0.15, -0.1) is 0 Å². The highest BCUT2D eigenvalue weighted by molar-refractivity contribution is 14.1. The highest BCUT2D eigenvalue weighted by Gasteiger charge is 2.45. The van der Waals surface area contributed by atoms with Gasteiger partial charge in [-0.1, -0.05) is 36.4 Å². The van der Waals surface area contributed by atoms with Crippen LogP contribution in [0.15, 0.2) is 41.5 Å². The van der Waals surface area contributed by atoms with Crippen LogP contribution in [-0.2, 0) is 0 Å². The molecule has 2 aliphatic heterocycles. The first-order valence-corrected chi connectivity index (χ1v) is 10.6. The van der Waals surface area contributed by atoms with Crippen molar-refractivity contribution in [1.29, 1.82) is 0 Å². The Morgan fingerprint density at radius 1 is 1.40 bits per heavy atom. The Hall–Kier alpha value is -0.990. The van der Waals surface area contributed by atoms with Gasteiger partial charge in [-0.3, -0.25) is 9.98 Å². The maximum Gasteiger partial charge on any atom is 0.160 e. The second-order valence-electron chi connectivity index (χ2n) is 6.17. The smallest absolute Gasteiger partial charge is 0.160 e. The van der Waals surface area contributed by atoms with Crippen molar-refractivity contribution in [2.24, 2.45) is 4.99 Å². The molecular formula is C18H17ClIN3OS. The number of phenolic OH excluding ortho intramolecular Hbond substituents is 1. The van der Waals surface area contributed by atoms with Crippen LogP contribution in [0.3, 0.4) is 0 Å². The van der Waals surface area contributed by atoms with Crippen molar-refractivity contribution in [1.82, 2.24) is 9.88 Å². The molecule has 0 radical (unpaired) electrons. The second-order valence-corrected chi connectivity index (χ2v) is 8.73. The van der Waals surface area contributed by atoms with Crippen molar-refractivity contribution >= 4 is 51.1 Å². The zero-order chi connectivity index (χ0) is 17.6. The number of hydrogen-bond donors (Lipinski definition) is 1. The molecule has 1 aromatic heterocycles. The number of aliphatic imine (C=N–C) groups is 1. The topological polar surface area (TPSA) is 48.7 Å². The third-order valence-corrected chi connectivity index (χ3v) is 6.95. The SMILES string of the molecule is CC[C@@H]1CSC2=N[C@H](c3ccccn3)[C@@H](c3cc(Cl)c(O)c(I)c3)N21. The molecule has 0 bridgehead atoms. The number of rotatable bonds is 3. The molecule has 0 aliphatic carbocycles. The van der Waals surface area contributed by atoms with Crippen molar-refractivity contribution in [2.45, 2.75) is 31.5 Å². The predicted molar refractivity (Wildman–Crippen MR) is 111 cm³/mol. The Morgan fingerprint density at radius 2 is 2.24 bits per heavy atom. The van der Waals surface area contributed by atoms with E-state index < -0.39 is 0 Å². The normalized spacial score (nSPS) is 25.2. The van der Waals surface area contributed by atoms with Crippen LogP contribution >= 0.6 is 46.0 Å². The molecule has 4 rings (SSSR count). The Bertz CT molecular complexity index is 809. The number of nitrogens with zero attached hydrogens (tertiary/aromatic N) is 3. The first-order valence-electron chi connectivity index (χ1n) is 8.18. The molecule has 1 fully saturated rings. The lowest BCUT2D eigenvalue weighted by Crippen LogP contribution is -2.35. The third-order valence-electron chi connectivity index (χ3n) is 4.71. The first kappa shape index (κ1) is 17.4. The van der Waals surface area contributed by atoms with E-state index in [0.717, 1.165) is 32.2 Å². The summed E-state index contributed by atoms with van der Waals surface area (Å²) in [6.45, 7) is 2.22. The molecule has 0 spiro atoms. The van der Waals surface area contributed by atoms with Gasteiger partial charge < -0.3 is 10.0 Å². The van der Waals surface area contributed by atoms with E-state index in [1.807, 2.05) is 48.3 Å². The second kappa shape index (κ2) is 6.96. The zero-order valence-corrected chi connectivity index (χ0v) is 17.3. The van der Waals surface area contributed by atoms with Crippen LogP contribution in [0.2, 0.25) is 5.02 Å². The van der Waals surface area contributed by atoms with Gasteiger partial charge in [-0.2, -0.15) is 0 Å². The Kier molecular flexibility index (Phi) is 4.85. The van der Waals surface area contributed by atoms with Crippen LogP contribution in [0.25, 0.3) is 0 Å². The summed E-state index contributed by atoms with van der Waals surface area (Å²) in [5.74, 6) is 1.20. The summed E-state index contributed by atoms with van der Waals surface area (Å²) in [4.78, 5) is 12.0. The molecule has 0 saturated carbocycles. The molecule has 7 heteroatoms. The number of halogens is 2. The van der Waals surface area contributed by atoms with E-state index in [1.54, 1.807) is 0 Å². The molecule has 25 heavy (non-hydrogen) atoms. The quantitative estimate of drug-likeness (QED) is 0.620. The summed E-state index contributed by atoms with van der Waals surface area (Å²) in [5.41, 5.74) is 2.03. The van der Waals surface area contributed by atoms with Gasteiger partial charge in [0.25, 0.3) is 0 Å². The number of aromatic hydroxyl groups is 1. The van der Waals surface area contributed by atoms with Gasteiger partial charge in [0, 0.05) is 18.0 Å². The summed E-state index contributed by atoms with van der Waals surface area (Å²) in [7, 11) is 0. The number of benzene rings is 1. The van der Waals surface area contributed by atoms with E-state index >= 15 is 0 Å². The Morgan fingerprint density at radius 3 is 2.92 bits per heavy atom. The summed E-state index contributed by atoms with van der Waals surface area (Å²) in [6.07, 6.45) is 2.88. The minimum Gasteiger partial charge on any atom is -0.505 e. The van der Waals surface area contributed by atoms with Crippen LogP contribution in [-0.4, -0.2) is 32.0 Å². The molecule has 0 amide bonds. The van der Waals surface area contributed by atoms with Crippen molar-refractivity contribution in [3.8, 4) is 5.75 Å². The van der Waals surface area contributed by atoms with E-state index in [0.29, 0.717) is 11.1 Å². The van der Waals surface area contributed by atoms with Crippen LogP contribution in [0.4, 0.5) is 0 Å². The lowest BCUT2D eigenvalue weighted by Gasteiger charge is -2.32. The third kappa shape index (κ3) is 3.02. The molecule has 1 N–H and O–H groups in total. The van der Waals surface area contributed by atoms with Crippen molar-refractivity contribution in [3.05, 3.63) is 56.4 Å². The number of amidine groups is 1. The average Bonchev–Trinajstić information content (AvgIpc) is 3.18. The molecule has 3 atom stereocenters. The number of hydrogen-bond acceptors (Lipinski definition) is 5. The van der Waals surface area contributed by atoms with Gasteiger partial charge in [-0.25, -0.2) is 0 Å². The minimum absolute atomic E-state index is 0.0523. The summed E-state index contributed by atoms with van der Waals surface area (Å²) >= 11 is 10.2. The number of pyridine rings is 1. The van der Waals surface area contributed by atoms with Crippen molar-refractivity contribution in [2.75, 3.05) is 5.75 Å². The van der Waals surface area contributed by atoms with Gasteiger partial charge in [-0.05, 0) is 58.8 Å². The van der Waals surface area contributed by atoms with E-state index in [2.05, 4.69) is 39.4 Å². The molecule has 1 aromatic carbocycles. The van der Waals surface area contributed by atoms with E-state index in [4.69, 9.17) is 16.6 Å². The molecular weight excluding hydrogens is 469 g/mol. The molecule has 1 saturated heterocycles. The first-order chi connectivity index (χ1) is 12.1. The largest absolute Gasteiger partial charge is 0.505 e. The lowest BCUT2D eigenvalue weighted by atomic mass is 9.95. The van der Waals surface area contributed by atoms with Gasteiger partial charge in [0.2, 0.25) is 0 Å². The van der Waals surface area contributed by atoms with E-state index in [-0.39, 0.29) is 17.8 Å².